The lowest BCUT2D eigenvalue weighted by Crippen LogP contribution is -2.47. The van der Waals surface area contributed by atoms with E-state index in [0.29, 0.717) is 31.0 Å². The second-order valence-electron chi connectivity index (χ2n) is 10.5. The molecule has 0 aromatic heterocycles. The lowest BCUT2D eigenvalue weighted by molar-refractivity contribution is -0.140. The van der Waals surface area contributed by atoms with Crippen LogP contribution in [-0.4, -0.2) is 54.7 Å². The van der Waals surface area contributed by atoms with Gasteiger partial charge in [0.05, 0.1) is 4.90 Å². The molecule has 0 spiro atoms. The van der Waals surface area contributed by atoms with Crippen molar-refractivity contribution in [3.05, 3.63) is 53.6 Å². The first-order chi connectivity index (χ1) is 16.8. The zero-order valence-corrected chi connectivity index (χ0v) is 22.1. The van der Waals surface area contributed by atoms with Gasteiger partial charge in [-0.1, -0.05) is 35.9 Å². The van der Waals surface area contributed by atoms with Crippen LogP contribution in [0.4, 0.5) is 4.79 Å². The van der Waals surface area contributed by atoms with Gasteiger partial charge in [-0.25, -0.2) is 13.2 Å². The third-order valence-electron chi connectivity index (χ3n) is 6.82. The fourth-order valence-corrected chi connectivity index (χ4v) is 6.38. The number of rotatable bonds is 6. The fourth-order valence-electron chi connectivity index (χ4n) is 4.84. The van der Waals surface area contributed by atoms with Crippen molar-refractivity contribution in [1.29, 1.82) is 0 Å². The SMILES string of the molecule is CC(C)(C)OC(=O)N1CCC([C@H]2C[C@@]2(NS(=O)(=O)c2ccc(-c3ccc(Cl)cc3)cc2)C(=O)O)CC1. The molecule has 1 aliphatic carbocycles. The first-order valence-electron chi connectivity index (χ1n) is 11.9. The molecular weight excluding hydrogens is 504 g/mol. The van der Waals surface area contributed by atoms with Crippen LogP contribution in [0.5, 0.6) is 0 Å². The molecule has 2 aromatic rings. The summed E-state index contributed by atoms with van der Waals surface area (Å²) in [4.78, 5) is 26.2. The Bertz CT molecular complexity index is 1230. The van der Waals surface area contributed by atoms with E-state index in [1.807, 2.05) is 12.1 Å². The Morgan fingerprint density at radius 2 is 1.56 bits per heavy atom. The molecule has 1 saturated carbocycles. The van der Waals surface area contributed by atoms with E-state index in [1.165, 1.54) is 12.1 Å². The average Bonchev–Trinajstić information content (AvgIpc) is 3.53. The molecule has 0 bridgehead atoms. The lowest BCUT2D eigenvalue weighted by atomic mass is 9.90. The van der Waals surface area contributed by atoms with Gasteiger partial charge in [0.2, 0.25) is 10.0 Å². The Morgan fingerprint density at radius 1 is 1.03 bits per heavy atom. The zero-order chi connectivity index (χ0) is 26.3. The number of piperidine rings is 1. The number of carbonyl (C=O) groups is 2. The molecular formula is C26H31ClN2O6S. The summed E-state index contributed by atoms with van der Waals surface area (Å²) in [5.74, 6) is -1.52. The number of carboxylic acid groups (broad SMARTS) is 1. The number of nitrogens with zero attached hydrogens (tertiary/aromatic N) is 1. The number of halogens is 1. The largest absolute Gasteiger partial charge is 0.480 e. The molecule has 4 rings (SSSR count). The van der Waals surface area contributed by atoms with Crippen molar-refractivity contribution in [2.75, 3.05) is 13.1 Å². The van der Waals surface area contributed by atoms with E-state index in [9.17, 15) is 23.1 Å². The van der Waals surface area contributed by atoms with Crippen LogP contribution in [0.3, 0.4) is 0 Å². The van der Waals surface area contributed by atoms with E-state index in [-0.39, 0.29) is 29.2 Å². The van der Waals surface area contributed by atoms with Crippen molar-refractivity contribution >= 4 is 33.7 Å². The van der Waals surface area contributed by atoms with Gasteiger partial charge in [-0.05, 0) is 87.3 Å². The van der Waals surface area contributed by atoms with Gasteiger partial charge < -0.3 is 14.7 Å². The Morgan fingerprint density at radius 3 is 2.06 bits per heavy atom. The van der Waals surface area contributed by atoms with Crippen molar-refractivity contribution in [2.24, 2.45) is 11.8 Å². The molecule has 194 valence electrons. The van der Waals surface area contributed by atoms with E-state index in [1.54, 1.807) is 49.9 Å². The summed E-state index contributed by atoms with van der Waals surface area (Å²) < 4.78 is 34.2. The number of aliphatic carboxylic acids is 1. The molecule has 0 unspecified atom stereocenters. The number of benzene rings is 2. The second kappa shape index (κ2) is 9.68. The van der Waals surface area contributed by atoms with E-state index in [4.69, 9.17) is 16.3 Å². The number of hydrogen-bond donors (Lipinski definition) is 2. The maximum atomic E-state index is 13.1. The molecule has 1 amide bonds. The van der Waals surface area contributed by atoms with Crippen LogP contribution in [0.1, 0.15) is 40.0 Å². The molecule has 1 heterocycles. The second-order valence-corrected chi connectivity index (χ2v) is 12.6. The number of hydrogen-bond acceptors (Lipinski definition) is 5. The number of carbonyl (C=O) groups excluding carboxylic acids is 1. The summed E-state index contributed by atoms with van der Waals surface area (Å²) in [5.41, 5.74) is -0.418. The molecule has 0 radical (unpaired) electrons. The summed E-state index contributed by atoms with van der Waals surface area (Å²) in [6.45, 7) is 6.32. The Hall–Kier alpha value is -2.62. The maximum absolute atomic E-state index is 13.1. The van der Waals surface area contributed by atoms with Crippen molar-refractivity contribution < 1.29 is 27.9 Å². The first kappa shape index (κ1) is 26.4. The van der Waals surface area contributed by atoms with E-state index >= 15 is 0 Å². The lowest BCUT2D eigenvalue weighted by Gasteiger charge is -2.34. The van der Waals surface area contributed by atoms with Crippen molar-refractivity contribution in [3.63, 3.8) is 0 Å². The highest BCUT2D eigenvalue weighted by molar-refractivity contribution is 7.89. The van der Waals surface area contributed by atoms with Gasteiger partial charge in [-0.15, -0.1) is 0 Å². The van der Waals surface area contributed by atoms with Gasteiger partial charge in [-0.2, -0.15) is 4.72 Å². The topological polar surface area (TPSA) is 113 Å². The van der Waals surface area contributed by atoms with Gasteiger partial charge >= 0.3 is 12.1 Å². The predicted octanol–water partition coefficient (Wildman–Crippen LogP) is 4.78. The van der Waals surface area contributed by atoms with E-state index < -0.39 is 27.1 Å². The van der Waals surface area contributed by atoms with Crippen LogP contribution in [0.15, 0.2) is 53.4 Å². The number of likely N-dealkylation sites (tertiary alicyclic amines) is 1. The maximum Gasteiger partial charge on any atom is 0.410 e. The molecule has 1 aliphatic heterocycles. The van der Waals surface area contributed by atoms with Crippen molar-refractivity contribution in [1.82, 2.24) is 9.62 Å². The average molecular weight is 535 g/mol. The molecule has 2 aromatic carbocycles. The highest BCUT2D eigenvalue weighted by Gasteiger charge is 2.65. The van der Waals surface area contributed by atoms with Gasteiger partial charge in [0.25, 0.3) is 0 Å². The van der Waals surface area contributed by atoms with Crippen LogP contribution in [0.25, 0.3) is 11.1 Å². The summed E-state index contributed by atoms with van der Waals surface area (Å²) in [5, 5.41) is 10.6. The van der Waals surface area contributed by atoms with Crippen LogP contribution < -0.4 is 4.72 Å². The third-order valence-corrected chi connectivity index (χ3v) is 8.59. The molecule has 2 aliphatic rings. The fraction of sp³-hybridized carbons (Fsp3) is 0.462. The van der Waals surface area contributed by atoms with Crippen LogP contribution >= 0.6 is 11.6 Å². The van der Waals surface area contributed by atoms with Crippen LogP contribution in [0.2, 0.25) is 5.02 Å². The van der Waals surface area contributed by atoms with Gasteiger partial charge in [-0.3, -0.25) is 4.79 Å². The number of ether oxygens (including phenoxy) is 1. The minimum Gasteiger partial charge on any atom is -0.480 e. The smallest absolute Gasteiger partial charge is 0.410 e. The van der Waals surface area contributed by atoms with Crippen molar-refractivity contribution in [3.8, 4) is 11.1 Å². The number of nitrogens with one attached hydrogen (secondary N) is 1. The standard InChI is InChI=1S/C26H31ClN2O6S/c1-25(2,3)35-24(32)29-14-12-19(13-15-29)22-16-26(22,23(30)31)28-36(33,34)21-10-6-18(7-11-21)17-4-8-20(27)9-5-17/h4-11,19,22,28H,12-16H2,1-3H3,(H,30,31)/t22-,26+/m1/s1. The molecule has 1 saturated heterocycles. The van der Waals surface area contributed by atoms with E-state index in [2.05, 4.69) is 4.72 Å². The van der Waals surface area contributed by atoms with Crippen molar-refractivity contribution in [2.45, 2.75) is 56.1 Å². The molecule has 10 heteroatoms. The van der Waals surface area contributed by atoms with Crippen LogP contribution in [-0.2, 0) is 19.6 Å². The van der Waals surface area contributed by atoms with Gasteiger partial charge in [0, 0.05) is 18.1 Å². The third kappa shape index (κ3) is 5.68. The van der Waals surface area contributed by atoms with Gasteiger partial charge in [0.1, 0.15) is 11.1 Å². The molecule has 2 fully saturated rings. The highest BCUT2D eigenvalue weighted by Crippen LogP contribution is 2.52. The van der Waals surface area contributed by atoms with Crippen LogP contribution in [0, 0.1) is 11.8 Å². The Labute approximate surface area is 216 Å². The summed E-state index contributed by atoms with van der Waals surface area (Å²) >= 11 is 5.93. The molecule has 8 nitrogen and oxygen atoms in total. The molecule has 36 heavy (non-hydrogen) atoms. The summed E-state index contributed by atoms with van der Waals surface area (Å²) in [6.07, 6.45) is 1.03. The molecule has 2 N–H and O–H groups in total. The zero-order valence-electron chi connectivity index (χ0n) is 20.5. The minimum absolute atomic E-state index is 0.00484. The normalized spacial score (nSPS) is 22.8. The quantitative estimate of drug-likeness (QED) is 0.551. The summed E-state index contributed by atoms with van der Waals surface area (Å²) in [6, 6.07) is 13.5. The number of carboxylic acids is 1. The number of sulfonamides is 1. The molecule has 2 atom stereocenters. The Balaban J connectivity index is 1.42. The summed E-state index contributed by atoms with van der Waals surface area (Å²) in [7, 11) is -4.06. The number of amides is 1. The Kier molecular flexibility index (Phi) is 7.11. The minimum atomic E-state index is -4.06. The monoisotopic (exact) mass is 534 g/mol. The van der Waals surface area contributed by atoms with E-state index in [0.717, 1.165) is 11.1 Å². The highest BCUT2D eigenvalue weighted by atomic mass is 35.5. The van der Waals surface area contributed by atoms with Gasteiger partial charge in [0.15, 0.2) is 0 Å². The predicted molar refractivity (Wildman–Crippen MR) is 136 cm³/mol. The first-order valence-corrected chi connectivity index (χ1v) is 13.8.